The number of carbonyl (C=O) groups is 1. The number of ether oxygens (including phenoxy) is 1. The van der Waals surface area contributed by atoms with Crippen molar-refractivity contribution in [3.63, 3.8) is 0 Å². The SMILES string of the molecule is CN(C)C(=O)Oc1cccc(CN2CCN(C(c3ccc(F)cc3)c3ccc(F)cc3)CC2)c1. The molecule has 1 aliphatic heterocycles. The minimum atomic E-state index is -0.404. The molecule has 0 bridgehead atoms. The third-order valence-electron chi connectivity index (χ3n) is 6.02. The van der Waals surface area contributed by atoms with Crippen molar-refractivity contribution in [3.05, 3.63) is 101 Å². The number of amides is 1. The second-order valence-corrected chi connectivity index (χ2v) is 8.73. The fraction of sp³-hybridized carbons (Fsp3) is 0.296. The van der Waals surface area contributed by atoms with E-state index < -0.39 is 6.09 Å². The molecule has 0 atom stereocenters. The molecule has 0 unspecified atom stereocenters. The summed E-state index contributed by atoms with van der Waals surface area (Å²) in [5.74, 6) is -0.0163. The Morgan fingerprint density at radius 1 is 0.882 bits per heavy atom. The molecule has 1 aliphatic rings. The standard InChI is InChI=1S/C27H29F2N3O2/c1-30(2)27(33)34-25-5-3-4-20(18-25)19-31-14-16-32(17-15-31)26(21-6-10-23(28)11-7-21)22-8-12-24(29)13-9-22/h3-13,18,26H,14-17,19H2,1-2H3. The third-order valence-corrected chi connectivity index (χ3v) is 6.02. The van der Waals surface area contributed by atoms with Crippen molar-refractivity contribution < 1.29 is 18.3 Å². The van der Waals surface area contributed by atoms with E-state index in [0.29, 0.717) is 5.75 Å². The van der Waals surface area contributed by atoms with E-state index in [1.165, 1.54) is 29.2 Å². The second kappa shape index (κ2) is 10.8. The summed E-state index contributed by atoms with van der Waals surface area (Å²) in [6.45, 7) is 4.07. The van der Waals surface area contributed by atoms with Crippen LogP contribution in [0.5, 0.6) is 5.75 Å². The van der Waals surface area contributed by atoms with Crippen molar-refractivity contribution in [2.24, 2.45) is 0 Å². The maximum Gasteiger partial charge on any atom is 0.414 e. The normalized spacial score (nSPS) is 14.9. The fourth-order valence-corrected chi connectivity index (χ4v) is 4.24. The van der Waals surface area contributed by atoms with Crippen LogP contribution in [0.2, 0.25) is 0 Å². The average molecular weight is 466 g/mol. The van der Waals surface area contributed by atoms with Crippen molar-refractivity contribution >= 4 is 6.09 Å². The number of piperazine rings is 1. The zero-order valence-electron chi connectivity index (χ0n) is 19.5. The minimum Gasteiger partial charge on any atom is -0.410 e. The van der Waals surface area contributed by atoms with Gasteiger partial charge in [0, 0.05) is 46.8 Å². The second-order valence-electron chi connectivity index (χ2n) is 8.73. The van der Waals surface area contributed by atoms with Crippen LogP contribution < -0.4 is 4.74 Å². The molecule has 3 aromatic carbocycles. The van der Waals surface area contributed by atoms with Crippen LogP contribution in [-0.4, -0.2) is 61.1 Å². The molecule has 0 aliphatic carbocycles. The largest absolute Gasteiger partial charge is 0.414 e. The smallest absolute Gasteiger partial charge is 0.410 e. The number of hydrogen-bond donors (Lipinski definition) is 0. The van der Waals surface area contributed by atoms with Gasteiger partial charge in [-0.2, -0.15) is 0 Å². The average Bonchev–Trinajstić information content (AvgIpc) is 2.83. The van der Waals surface area contributed by atoms with Gasteiger partial charge in [0.2, 0.25) is 0 Å². The van der Waals surface area contributed by atoms with Crippen molar-refractivity contribution in [3.8, 4) is 5.75 Å². The fourth-order valence-electron chi connectivity index (χ4n) is 4.24. The molecule has 3 aromatic rings. The van der Waals surface area contributed by atoms with Gasteiger partial charge in [-0.15, -0.1) is 0 Å². The highest BCUT2D eigenvalue weighted by molar-refractivity contribution is 5.70. The first kappa shape index (κ1) is 23.9. The van der Waals surface area contributed by atoms with Crippen LogP contribution in [0.3, 0.4) is 0 Å². The Kier molecular flexibility index (Phi) is 7.55. The maximum absolute atomic E-state index is 13.5. The summed E-state index contributed by atoms with van der Waals surface area (Å²) in [5.41, 5.74) is 3.04. The molecular formula is C27H29F2N3O2. The number of hydrogen-bond acceptors (Lipinski definition) is 4. The molecule has 1 saturated heterocycles. The molecule has 5 nitrogen and oxygen atoms in total. The Morgan fingerprint density at radius 2 is 1.44 bits per heavy atom. The van der Waals surface area contributed by atoms with E-state index in [0.717, 1.165) is 49.4 Å². The summed E-state index contributed by atoms with van der Waals surface area (Å²) in [6, 6.07) is 20.6. The summed E-state index contributed by atoms with van der Waals surface area (Å²) >= 11 is 0. The first-order chi connectivity index (χ1) is 16.4. The number of nitrogens with zero attached hydrogens (tertiary/aromatic N) is 3. The van der Waals surface area contributed by atoms with Gasteiger partial charge in [-0.1, -0.05) is 36.4 Å². The number of rotatable bonds is 6. The molecule has 34 heavy (non-hydrogen) atoms. The van der Waals surface area contributed by atoms with Crippen LogP contribution in [0.15, 0.2) is 72.8 Å². The van der Waals surface area contributed by atoms with Crippen molar-refractivity contribution in [1.82, 2.24) is 14.7 Å². The van der Waals surface area contributed by atoms with Crippen LogP contribution in [0.1, 0.15) is 22.7 Å². The summed E-state index contributed by atoms with van der Waals surface area (Å²) in [5, 5.41) is 0. The minimum absolute atomic E-state index is 0.0721. The van der Waals surface area contributed by atoms with Gasteiger partial charge < -0.3 is 9.64 Å². The highest BCUT2D eigenvalue weighted by Gasteiger charge is 2.26. The lowest BCUT2D eigenvalue weighted by Crippen LogP contribution is -2.47. The molecule has 1 fully saturated rings. The van der Waals surface area contributed by atoms with E-state index >= 15 is 0 Å². The molecule has 0 aromatic heterocycles. The predicted octanol–water partition coefficient (Wildman–Crippen LogP) is 4.93. The molecule has 0 N–H and O–H groups in total. The van der Waals surface area contributed by atoms with Crippen LogP contribution in [0.4, 0.5) is 13.6 Å². The molecule has 0 saturated carbocycles. The van der Waals surface area contributed by atoms with Gasteiger partial charge in [0.1, 0.15) is 17.4 Å². The van der Waals surface area contributed by atoms with E-state index in [4.69, 9.17) is 4.74 Å². The van der Waals surface area contributed by atoms with E-state index in [1.807, 2.05) is 18.2 Å². The monoisotopic (exact) mass is 465 g/mol. The predicted molar refractivity (Wildman–Crippen MR) is 128 cm³/mol. The van der Waals surface area contributed by atoms with Gasteiger partial charge in [-0.05, 0) is 53.1 Å². The summed E-state index contributed by atoms with van der Waals surface area (Å²) in [6.07, 6.45) is -0.404. The lowest BCUT2D eigenvalue weighted by atomic mass is 9.96. The van der Waals surface area contributed by atoms with Gasteiger partial charge in [0.25, 0.3) is 0 Å². The first-order valence-electron chi connectivity index (χ1n) is 11.3. The number of carbonyl (C=O) groups excluding carboxylic acids is 1. The Labute approximate surface area is 199 Å². The summed E-state index contributed by atoms with van der Waals surface area (Å²) < 4.78 is 32.5. The van der Waals surface area contributed by atoms with E-state index in [1.54, 1.807) is 44.4 Å². The van der Waals surface area contributed by atoms with Crippen LogP contribution in [0, 0.1) is 11.6 Å². The van der Waals surface area contributed by atoms with Crippen molar-refractivity contribution in [2.75, 3.05) is 40.3 Å². The Hall–Kier alpha value is -3.29. The molecule has 0 radical (unpaired) electrons. The van der Waals surface area contributed by atoms with Crippen molar-refractivity contribution in [1.29, 1.82) is 0 Å². The molecule has 1 amide bonds. The van der Waals surface area contributed by atoms with Gasteiger partial charge >= 0.3 is 6.09 Å². The molecule has 4 rings (SSSR count). The van der Waals surface area contributed by atoms with Gasteiger partial charge in [0.05, 0.1) is 6.04 Å². The van der Waals surface area contributed by atoms with Gasteiger partial charge in [0.15, 0.2) is 0 Å². The van der Waals surface area contributed by atoms with Gasteiger partial charge in [-0.25, -0.2) is 13.6 Å². The Balaban J connectivity index is 1.43. The summed E-state index contributed by atoms with van der Waals surface area (Å²) in [4.78, 5) is 17.9. The van der Waals surface area contributed by atoms with E-state index in [2.05, 4.69) is 9.80 Å². The lowest BCUT2D eigenvalue weighted by Gasteiger charge is -2.40. The molecule has 178 valence electrons. The first-order valence-corrected chi connectivity index (χ1v) is 11.3. The Morgan fingerprint density at radius 3 is 1.97 bits per heavy atom. The molecular weight excluding hydrogens is 436 g/mol. The van der Waals surface area contributed by atoms with E-state index in [9.17, 15) is 13.6 Å². The van der Waals surface area contributed by atoms with Crippen molar-refractivity contribution in [2.45, 2.75) is 12.6 Å². The topological polar surface area (TPSA) is 36.0 Å². The zero-order chi connectivity index (χ0) is 24.1. The number of halogens is 2. The third kappa shape index (κ3) is 5.98. The molecule has 0 spiro atoms. The zero-order valence-corrected chi connectivity index (χ0v) is 19.5. The van der Waals surface area contributed by atoms with Crippen LogP contribution >= 0.6 is 0 Å². The maximum atomic E-state index is 13.5. The Bertz CT molecular complexity index is 1050. The highest BCUT2D eigenvalue weighted by Crippen LogP contribution is 2.30. The highest BCUT2D eigenvalue weighted by atomic mass is 19.1. The van der Waals surface area contributed by atoms with Gasteiger partial charge in [-0.3, -0.25) is 9.80 Å². The molecule has 1 heterocycles. The van der Waals surface area contributed by atoms with Crippen LogP contribution in [0.25, 0.3) is 0 Å². The number of benzene rings is 3. The van der Waals surface area contributed by atoms with Crippen LogP contribution in [-0.2, 0) is 6.54 Å². The lowest BCUT2D eigenvalue weighted by molar-refractivity contribution is 0.105. The molecule has 7 heteroatoms. The van der Waals surface area contributed by atoms with E-state index in [-0.39, 0.29) is 17.7 Å². The quantitative estimate of drug-likeness (QED) is 0.517. The summed E-state index contributed by atoms with van der Waals surface area (Å²) in [7, 11) is 3.30.